The molecule has 3 heterocycles. The predicted molar refractivity (Wildman–Crippen MR) is 136 cm³/mol. The van der Waals surface area contributed by atoms with E-state index in [1.165, 1.54) is 22.7 Å². The monoisotopic (exact) mass is 552 g/mol. The van der Waals surface area contributed by atoms with Crippen LogP contribution < -0.4 is 10.2 Å². The molecule has 0 radical (unpaired) electrons. The highest BCUT2D eigenvalue weighted by molar-refractivity contribution is 14.0. The van der Waals surface area contributed by atoms with Gasteiger partial charge in [0.05, 0.1) is 6.33 Å². The first kappa shape index (κ1) is 23.5. The number of piperazine rings is 1. The van der Waals surface area contributed by atoms with Crippen LogP contribution in [0.4, 0.5) is 5.13 Å². The molecule has 3 aromatic rings. The number of aromatic nitrogens is 4. The van der Waals surface area contributed by atoms with Crippen molar-refractivity contribution in [2.75, 3.05) is 38.1 Å². The Morgan fingerprint density at radius 1 is 1.13 bits per heavy atom. The van der Waals surface area contributed by atoms with Gasteiger partial charge in [-0.2, -0.15) is 4.37 Å². The van der Waals surface area contributed by atoms with E-state index in [1.807, 2.05) is 19.6 Å². The van der Waals surface area contributed by atoms with Gasteiger partial charge in [-0.25, -0.2) is 9.97 Å². The van der Waals surface area contributed by atoms with Crippen LogP contribution in [0.15, 0.2) is 48.0 Å². The Morgan fingerprint density at radius 3 is 2.48 bits per heavy atom. The second kappa shape index (κ2) is 11.4. The van der Waals surface area contributed by atoms with Crippen LogP contribution in [0.5, 0.6) is 0 Å². The SMILES string of the molecule is CCc1nsc(N2CCN(C(=NC)NCc3ccc(Cn4ccnc4)cc3)CC2)n1.I. The Labute approximate surface area is 204 Å². The molecule has 0 aliphatic carbocycles. The molecule has 31 heavy (non-hydrogen) atoms. The van der Waals surface area contributed by atoms with Crippen LogP contribution in [0.25, 0.3) is 0 Å². The lowest BCUT2D eigenvalue weighted by molar-refractivity contribution is 0.372. The summed E-state index contributed by atoms with van der Waals surface area (Å²) in [6, 6.07) is 8.69. The number of benzene rings is 1. The highest BCUT2D eigenvalue weighted by Gasteiger charge is 2.21. The molecule has 10 heteroatoms. The number of imidazole rings is 1. The van der Waals surface area contributed by atoms with Crippen molar-refractivity contribution in [1.82, 2.24) is 29.1 Å². The lowest BCUT2D eigenvalue weighted by atomic mass is 10.1. The van der Waals surface area contributed by atoms with Crippen LogP contribution in [0.2, 0.25) is 0 Å². The number of anilines is 1. The van der Waals surface area contributed by atoms with Crippen molar-refractivity contribution in [3.05, 3.63) is 59.9 Å². The summed E-state index contributed by atoms with van der Waals surface area (Å²) in [6.07, 6.45) is 6.51. The quantitative estimate of drug-likeness (QED) is 0.288. The van der Waals surface area contributed by atoms with Gasteiger partial charge in [0.2, 0.25) is 5.13 Å². The fraction of sp³-hybridized carbons (Fsp3) is 0.429. The maximum atomic E-state index is 4.61. The maximum Gasteiger partial charge on any atom is 0.205 e. The normalized spacial score (nSPS) is 14.5. The first-order valence-corrected chi connectivity index (χ1v) is 11.1. The van der Waals surface area contributed by atoms with Gasteiger partial charge in [-0.3, -0.25) is 4.99 Å². The third-order valence-electron chi connectivity index (χ3n) is 5.23. The molecule has 4 rings (SSSR count). The Morgan fingerprint density at radius 2 is 1.87 bits per heavy atom. The molecule has 0 amide bonds. The van der Waals surface area contributed by atoms with Crippen molar-refractivity contribution in [1.29, 1.82) is 0 Å². The van der Waals surface area contributed by atoms with Crippen LogP contribution in [0.1, 0.15) is 23.9 Å². The van der Waals surface area contributed by atoms with Crippen LogP contribution >= 0.6 is 35.5 Å². The molecular formula is C21H29IN8S. The smallest absolute Gasteiger partial charge is 0.205 e. The molecule has 0 bridgehead atoms. The van der Waals surface area contributed by atoms with Crippen molar-refractivity contribution in [3.63, 3.8) is 0 Å². The fourth-order valence-electron chi connectivity index (χ4n) is 3.49. The van der Waals surface area contributed by atoms with Gasteiger partial charge in [-0.1, -0.05) is 31.2 Å². The molecule has 1 aliphatic rings. The Bertz CT molecular complexity index is 946. The Balaban J connectivity index is 0.00000272. The summed E-state index contributed by atoms with van der Waals surface area (Å²) in [7, 11) is 1.85. The lowest BCUT2D eigenvalue weighted by Crippen LogP contribution is -2.52. The van der Waals surface area contributed by atoms with Gasteiger partial charge >= 0.3 is 0 Å². The minimum atomic E-state index is 0. The van der Waals surface area contributed by atoms with Crippen molar-refractivity contribution in [2.45, 2.75) is 26.4 Å². The second-order valence-corrected chi connectivity index (χ2v) is 8.00. The average Bonchev–Trinajstić information content (AvgIpc) is 3.48. The Hall–Kier alpha value is -2.21. The highest BCUT2D eigenvalue weighted by Crippen LogP contribution is 2.19. The van der Waals surface area contributed by atoms with E-state index in [4.69, 9.17) is 0 Å². The van der Waals surface area contributed by atoms with E-state index in [0.717, 1.165) is 62.6 Å². The molecule has 0 unspecified atom stereocenters. The van der Waals surface area contributed by atoms with Crippen molar-refractivity contribution >= 4 is 46.6 Å². The van der Waals surface area contributed by atoms with Gasteiger partial charge in [0.15, 0.2) is 5.96 Å². The summed E-state index contributed by atoms with van der Waals surface area (Å²) in [5.41, 5.74) is 2.50. The van der Waals surface area contributed by atoms with E-state index in [-0.39, 0.29) is 24.0 Å². The molecule has 1 N–H and O–H groups in total. The molecular weight excluding hydrogens is 523 g/mol. The standard InChI is InChI=1S/C21H28N8S.HI/c1-3-19-25-21(30-26-19)29-12-10-28(11-13-29)20(22-2)24-14-17-4-6-18(7-5-17)15-27-9-8-23-16-27;/h4-9,16H,3,10-15H2,1-2H3,(H,22,24);1H. The summed E-state index contributed by atoms with van der Waals surface area (Å²) >= 11 is 1.50. The van der Waals surface area contributed by atoms with E-state index < -0.39 is 0 Å². The molecule has 1 aliphatic heterocycles. The van der Waals surface area contributed by atoms with Gasteiger partial charge < -0.3 is 19.7 Å². The maximum absolute atomic E-state index is 4.61. The zero-order valence-electron chi connectivity index (χ0n) is 17.9. The summed E-state index contributed by atoms with van der Waals surface area (Å²) < 4.78 is 6.47. The number of guanidine groups is 1. The van der Waals surface area contributed by atoms with E-state index >= 15 is 0 Å². The number of aryl methyl sites for hydroxylation is 1. The molecule has 8 nitrogen and oxygen atoms in total. The van der Waals surface area contributed by atoms with E-state index in [0.29, 0.717) is 0 Å². The molecule has 2 aromatic heterocycles. The molecule has 1 aromatic carbocycles. The molecule has 1 fully saturated rings. The van der Waals surface area contributed by atoms with Crippen LogP contribution in [0.3, 0.4) is 0 Å². The van der Waals surface area contributed by atoms with E-state index in [1.54, 1.807) is 6.20 Å². The third kappa shape index (κ3) is 6.16. The number of rotatable bonds is 6. The zero-order valence-corrected chi connectivity index (χ0v) is 21.1. The molecule has 166 valence electrons. The van der Waals surface area contributed by atoms with Crippen molar-refractivity contribution in [3.8, 4) is 0 Å². The molecule has 1 saturated heterocycles. The zero-order chi connectivity index (χ0) is 20.8. The van der Waals surface area contributed by atoms with Gasteiger partial charge in [0.1, 0.15) is 5.82 Å². The van der Waals surface area contributed by atoms with Crippen LogP contribution in [0, 0.1) is 0 Å². The van der Waals surface area contributed by atoms with E-state index in [2.05, 4.69) is 70.2 Å². The first-order chi connectivity index (χ1) is 14.7. The van der Waals surface area contributed by atoms with Gasteiger partial charge in [0, 0.05) is 76.7 Å². The predicted octanol–water partition coefficient (Wildman–Crippen LogP) is 2.86. The molecule has 0 spiro atoms. The number of hydrogen-bond acceptors (Lipinski definition) is 6. The average molecular weight is 552 g/mol. The number of hydrogen-bond donors (Lipinski definition) is 1. The lowest BCUT2D eigenvalue weighted by Gasteiger charge is -2.36. The minimum Gasteiger partial charge on any atom is -0.352 e. The fourth-order valence-corrected chi connectivity index (χ4v) is 4.29. The Kier molecular flexibility index (Phi) is 8.64. The first-order valence-electron chi connectivity index (χ1n) is 10.3. The topological polar surface area (TPSA) is 74.5 Å². The van der Waals surface area contributed by atoms with Gasteiger partial charge in [0.25, 0.3) is 0 Å². The number of aliphatic imine (C=N–C) groups is 1. The molecule has 0 saturated carbocycles. The van der Waals surface area contributed by atoms with Crippen molar-refractivity contribution < 1.29 is 0 Å². The van der Waals surface area contributed by atoms with Gasteiger partial charge in [-0.15, -0.1) is 24.0 Å². The minimum absolute atomic E-state index is 0. The number of nitrogens with one attached hydrogen (secondary N) is 1. The number of nitrogens with zero attached hydrogens (tertiary/aromatic N) is 7. The summed E-state index contributed by atoms with van der Waals surface area (Å²) in [5, 5.41) is 4.54. The molecule has 0 atom stereocenters. The third-order valence-corrected chi connectivity index (χ3v) is 6.05. The summed E-state index contributed by atoms with van der Waals surface area (Å²) in [5.74, 6) is 1.88. The van der Waals surface area contributed by atoms with Crippen LogP contribution in [-0.2, 0) is 19.5 Å². The second-order valence-electron chi connectivity index (χ2n) is 7.27. The van der Waals surface area contributed by atoms with Crippen LogP contribution in [-0.4, -0.2) is 63.0 Å². The number of halogens is 1. The van der Waals surface area contributed by atoms with Gasteiger partial charge in [-0.05, 0) is 11.1 Å². The highest BCUT2D eigenvalue weighted by atomic mass is 127. The summed E-state index contributed by atoms with van der Waals surface area (Å²) in [6.45, 7) is 7.40. The largest absolute Gasteiger partial charge is 0.352 e. The van der Waals surface area contributed by atoms with E-state index in [9.17, 15) is 0 Å². The van der Waals surface area contributed by atoms with Crippen molar-refractivity contribution in [2.24, 2.45) is 4.99 Å². The summed E-state index contributed by atoms with van der Waals surface area (Å²) in [4.78, 5) is 17.8.